The highest BCUT2D eigenvalue weighted by Crippen LogP contribution is 2.88. The lowest BCUT2D eigenvalue weighted by Crippen LogP contribution is -2.57. The Morgan fingerprint density at radius 1 is 0.840 bits per heavy atom. The van der Waals surface area contributed by atoms with Gasteiger partial charge in [-0.15, -0.1) is 0 Å². The van der Waals surface area contributed by atoms with E-state index in [-0.39, 0.29) is 52.5 Å². The van der Waals surface area contributed by atoms with E-state index >= 15 is 4.79 Å². The second-order valence-electron chi connectivity index (χ2n) is 19.1. The summed E-state index contributed by atoms with van der Waals surface area (Å²) in [4.78, 5) is 83.7. The third-order valence-electron chi connectivity index (χ3n) is 14.5. The number of primary amides is 1. The van der Waals surface area contributed by atoms with Gasteiger partial charge >= 0.3 is 0 Å². The smallest absolute Gasteiger partial charge is 0.285 e. The minimum atomic E-state index is -1.16. The third-order valence-corrected chi connectivity index (χ3v) is 14.5. The Morgan fingerprint density at radius 2 is 1.46 bits per heavy atom. The number of Topliss-reactive ketones (excluding diaryl/α,β-unsaturated/α-hetero) is 3. The van der Waals surface area contributed by atoms with Crippen molar-refractivity contribution in [3.63, 3.8) is 0 Å². The molecule has 1 aliphatic heterocycles. The molecule has 0 aromatic rings. The molecule has 1 heterocycles. The summed E-state index contributed by atoms with van der Waals surface area (Å²) in [6.07, 6.45) is 11.8. The van der Waals surface area contributed by atoms with E-state index in [1.54, 1.807) is 18.7 Å². The highest BCUT2D eigenvalue weighted by molar-refractivity contribution is 6.36. The van der Waals surface area contributed by atoms with E-state index in [9.17, 15) is 24.0 Å². The van der Waals surface area contributed by atoms with Gasteiger partial charge in [-0.3, -0.25) is 28.8 Å². The van der Waals surface area contributed by atoms with E-state index in [1.165, 1.54) is 0 Å². The number of nitrogens with one attached hydrogen (secondary N) is 1. The van der Waals surface area contributed by atoms with Crippen molar-refractivity contribution in [3.8, 4) is 0 Å². The Bertz CT molecular complexity index is 1380. The Hall–Kier alpha value is -2.62. The number of hydrogen-bond donors (Lipinski definition) is 3. The monoisotopic (exact) mass is 696 g/mol. The van der Waals surface area contributed by atoms with Crippen LogP contribution in [0.1, 0.15) is 145 Å². The highest BCUT2D eigenvalue weighted by atomic mass is 16.2. The predicted molar refractivity (Wildman–Crippen MR) is 191 cm³/mol. The number of amides is 3. The highest BCUT2D eigenvalue weighted by Gasteiger charge is 2.85. The van der Waals surface area contributed by atoms with Crippen LogP contribution >= 0.6 is 0 Å². The SMILES string of the molecule is CC(C)(N)C(=O)N[C@H](C(=O)C[C@H](C(=O)N1C[C@]2(C[C@H]1C(=O)CC(CC1CCC1)C(=O)C(N)=O)C(C)(C)C21CCC1)C(C)(C)C)C1CCCCC1. The van der Waals surface area contributed by atoms with E-state index < -0.39 is 52.5 Å². The molecule has 5 N–H and O–H groups in total. The number of nitrogens with zero attached hydrogens (tertiary/aromatic N) is 1. The first-order chi connectivity index (χ1) is 23.2. The average molecular weight is 697 g/mol. The van der Waals surface area contributed by atoms with Gasteiger partial charge in [0.15, 0.2) is 11.6 Å². The summed E-state index contributed by atoms with van der Waals surface area (Å²) in [5.41, 5.74) is 9.61. The number of likely N-dealkylation sites (tertiary alicyclic amines) is 1. The fourth-order valence-electron chi connectivity index (χ4n) is 10.7. The summed E-state index contributed by atoms with van der Waals surface area (Å²) >= 11 is 0. The van der Waals surface area contributed by atoms with Gasteiger partial charge in [-0.05, 0) is 80.5 Å². The number of hydrogen-bond acceptors (Lipinski definition) is 7. The molecular formula is C40H64N4O6. The van der Waals surface area contributed by atoms with Gasteiger partial charge in [0.2, 0.25) is 17.6 Å². The van der Waals surface area contributed by atoms with Crippen molar-refractivity contribution in [2.24, 2.45) is 56.8 Å². The summed E-state index contributed by atoms with van der Waals surface area (Å²) in [6, 6.07) is -1.48. The Morgan fingerprint density at radius 3 is 1.92 bits per heavy atom. The Kier molecular flexibility index (Phi) is 10.6. The first-order valence-electron chi connectivity index (χ1n) is 19.5. The van der Waals surface area contributed by atoms with Crippen molar-refractivity contribution in [2.75, 3.05) is 6.54 Å². The largest absolute Gasteiger partial charge is 0.363 e. The van der Waals surface area contributed by atoms with Gasteiger partial charge in [-0.25, -0.2) is 0 Å². The van der Waals surface area contributed by atoms with Crippen LogP contribution in [0, 0.1) is 45.3 Å². The van der Waals surface area contributed by atoms with Crippen LogP contribution in [-0.4, -0.2) is 64.1 Å². The molecule has 0 aromatic heterocycles. The summed E-state index contributed by atoms with van der Waals surface area (Å²) < 4.78 is 0. The zero-order chi connectivity index (χ0) is 37.0. The van der Waals surface area contributed by atoms with Crippen molar-refractivity contribution >= 4 is 35.1 Å². The zero-order valence-electron chi connectivity index (χ0n) is 31.8. The maximum absolute atomic E-state index is 15.0. The molecule has 50 heavy (non-hydrogen) atoms. The molecule has 0 aromatic carbocycles. The number of carbonyl (C=O) groups is 6. The van der Waals surface area contributed by atoms with E-state index in [4.69, 9.17) is 11.5 Å². The van der Waals surface area contributed by atoms with Crippen molar-refractivity contribution < 1.29 is 28.8 Å². The Balaban J connectivity index is 1.44. The van der Waals surface area contributed by atoms with E-state index in [0.29, 0.717) is 25.3 Å². The molecule has 0 radical (unpaired) electrons. The van der Waals surface area contributed by atoms with Crippen LogP contribution < -0.4 is 16.8 Å². The summed E-state index contributed by atoms with van der Waals surface area (Å²) in [5.74, 6) is -3.93. The topological polar surface area (TPSA) is 170 Å². The molecule has 1 saturated heterocycles. The maximum Gasteiger partial charge on any atom is 0.285 e. The molecule has 5 rings (SSSR count). The maximum atomic E-state index is 15.0. The summed E-state index contributed by atoms with van der Waals surface area (Å²) in [5, 5.41) is 2.98. The lowest BCUT2D eigenvalue weighted by atomic mass is 9.73. The molecule has 1 unspecified atom stereocenters. The Labute approximate surface area is 299 Å². The molecule has 5 fully saturated rings. The molecule has 10 nitrogen and oxygen atoms in total. The molecule has 10 heteroatoms. The van der Waals surface area contributed by atoms with Crippen LogP contribution in [0.25, 0.3) is 0 Å². The number of rotatable bonds is 14. The van der Waals surface area contributed by atoms with Crippen LogP contribution in [0.15, 0.2) is 0 Å². The number of carbonyl (C=O) groups excluding carboxylic acids is 6. The van der Waals surface area contributed by atoms with Crippen molar-refractivity contribution in [3.05, 3.63) is 0 Å². The first-order valence-corrected chi connectivity index (χ1v) is 19.5. The van der Waals surface area contributed by atoms with E-state index in [0.717, 1.165) is 70.6 Å². The minimum absolute atomic E-state index is 0.0243. The van der Waals surface area contributed by atoms with Crippen LogP contribution in [0.5, 0.6) is 0 Å². The summed E-state index contributed by atoms with van der Waals surface area (Å²) in [6.45, 7) is 14.1. The van der Waals surface area contributed by atoms with Crippen LogP contribution in [0.3, 0.4) is 0 Å². The molecule has 280 valence electrons. The normalized spacial score (nSPS) is 27.9. The lowest BCUT2D eigenvalue weighted by Gasteiger charge is -2.37. The van der Waals surface area contributed by atoms with Gasteiger partial charge in [-0.1, -0.05) is 79.6 Å². The van der Waals surface area contributed by atoms with E-state index in [2.05, 4.69) is 19.2 Å². The van der Waals surface area contributed by atoms with Crippen LogP contribution in [0.4, 0.5) is 0 Å². The molecule has 3 amide bonds. The van der Waals surface area contributed by atoms with E-state index in [1.807, 2.05) is 20.8 Å². The number of fused-ring (bicyclic) bond motifs is 1. The van der Waals surface area contributed by atoms with Crippen LogP contribution in [0.2, 0.25) is 0 Å². The zero-order valence-corrected chi connectivity index (χ0v) is 31.8. The summed E-state index contributed by atoms with van der Waals surface area (Å²) in [7, 11) is 0. The molecular weight excluding hydrogens is 632 g/mol. The number of nitrogens with two attached hydrogens (primary N) is 2. The van der Waals surface area contributed by atoms with Crippen LogP contribution in [-0.2, 0) is 28.8 Å². The first kappa shape index (κ1) is 38.6. The third kappa shape index (κ3) is 6.83. The molecule has 4 aliphatic carbocycles. The average Bonchev–Trinajstić information content (AvgIpc) is 3.21. The number of ketones is 3. The molecule has 2 spiro atoms. The quantitative estimate of drug-likeness (QED) is 0.214. The second-order valence-corrected chi connectivity index (χ2v) is 19.1. The van der Waals surface area contributed by atoms with Gasteiger partial charge in [0.1, 0.15) is 0 Å². The standard InChI is InChI=1S/C40H64N4O6/c1-36(2,3)27(21-30(46)31(25-15-9-8-10-16-25)43-35(50)37(4,5)42)34(49)44-23-40(38(6,7)39(40)17-12-18-39)22-28(44)29(45)20-26(32(47)33(41)48)19-24-13-11-14-24/h24-28,31H,8-23,42H2,1-7H3,(H2,41,48)(H,43,50)/t26?,27-,28+,31+,40-/m1/s1. The molecule has 0 bridgehead atoms. The predicted octanol–water partition coefficient (Wildman–Crippen LogP) is 5.03. The fourth-order valence-corrected chi connectivity index (χ4v) is 10.7. The van der Waals surface area contributed by atoms with Gasteiger partial charge in [0, 0.05) is 36.6 Å². The van der Waals surface area contributed by atoms with Gasteiger partial charge in [0.05, 0.1) is 17.6 Å². The second kappa shape index (κ2) is 13.7. The van der Waals surface area contributed by atoms with Gasteiger partial charge in [-0.2, -0.15) is 0 Å². The van der Waals surface area contributed by atoms with Gasteiger partial charge < -0.3 is 21.7 Å². The van der Waals surface area contributed by atoms with Crippen molar-refractivity contribution in [1.82, 2.24) is 10.2 Å². The van der Waals surface area contributed by atoms with Gasteiger partial charge in [0.25, 0.3) is 5.91 Å². The molecule has 5 atom stereocenters. The fraction of sp³-hybridized carbons (Fsp3) is 0.850. The lowest BCUT2D eigenvalue weighted by molar-refractivity contribution is -0.147. The molecule has 4 saturated carbocycles. The molecule has 5 aliphatic rings. The van der Waals surface area contributed by atoms with Crippen molar-refractivity contribution in [2.45, 2.75) is 162 Å². The van der Waals surface area contributed by atoms with Crippen molar-refractivity contribution in [1.29, 1.82) is 0 Å². The minimum Gasteiger partial charge on any atom is -0.363 e.